The van der Waals surface area contributed by atoms with Gasteiger partial charge in [-0.1, -0.05) is 6.58 Å². The molecule has 0 fully saturated rings. The second-order valence-corrected chi connectivity index (χ2v) is 6.91. The summed E-state index contributed by atoms with van der Waals surface area (Å²) in [5.74, 6) is -0.192. The van der Waals surface area contributed by atoms with Crippen molar-refractivity contribution in [2.24, 2.45) is 0 Å². The Bertz CT molecular complexity index is 300. The first kappa shape index (κ1) is 17.2. The normalized spacial score (nSPS) is 12.9. The molecule has 0 aliphatic carbocycles. The second kappa shape index (κ2) is 8.35. The van der Waals surface area contributed by atoms with Crippen LogP contribution in [0.4, 0.5) is 0 Å². The Kier molecular flexibility index (Phi) is 8.00. The van der Waals surface area contributed by atoms with E-state index < -0.39 is 8.15 Å². The van der Waals surface area contributed by atoms with E-state index in [2.05, 4.69) is 11.9 Å². The first-order chi connectivity index (χ1) is 8.26. The van der Waals surface area contributed by atoms with Crippen LogP contribution in [-0.4, -0.2) is 61.2 Å². The Morgan fingerprint density at radius 1 is 1.33 bits per heavy atom. The van der Waals surface area contributed by atoms with Crippen molar-refractivity contribution in [3.8, 4) is 0 Å². The maximum atomic E-state index is 11.7. The lowest BCUT2D eigenvalue weighted by atomic mass is 10.3. The number of unbranched alkanes of at least 4 members (excludes halogenated alkanes) is 1. The van der Waals surface area contributed by atoms with Crippen LogP contribution in [0.2, 0.25) is 0 Å². The van der Waals surface area contributed by atoms with E-state index in [0.717, 1.165) is 12.8 Å². The summed E-state index contributed by atoms with van der Waals surface area (Å²) in [5.41, 5.74) is -0.0624. The van der Waals surface area contributed by atoms with Gasteiger partial charge < -0.3 is 14.7 Å². The molecule has 0 aromatic carbocycles. The van der Waals surface area contributed by atoms with Crippen molar-refractivity contribution in [2.75, 3.05) is 40.4 Å². The fourth-order valence-electron chi connectivity index (χ4n) is 1.28. The number of carbonyl (C=O) groups is 2. The highest BCUT2D eigenvalue weighted by Crippen LogP contribution is 2.32. The molecule has 0 saturated carbocycles. The molecule has 0 rings (SSSR count). The molecule has 1 unspecified atom stereocenters. The maximum Gasteiger partial charge on any atom is 0.243 e. The van der Waals surface area contributed by atoms with Crippen molar-refractivity contribution >= 4 is 19.6 Å². The molecule has 18 heavy (non-hydrogen) atoms. The largest absolute Gasteiger partial charge is 0.366 e. The zero-order chi connectivity index (χ0) is 14.2. The Labute approximate surface area is 110 Å². The fraction of sp³-hybridized carbons (Fsp3) is 0.667. The molecule has 0 heterocycles. The summed E-state index contributed by atoms with van der Waals surface area (Å²) in [6, 6.07) is 0. The molecule has 1 amide bonds. The molecule has 0 saturated heterocycles. The molecule has 6 heteroatoms. The first-order valence-electron chi connectivity index (χ1n) is 5.96. The van der Waals surface area contributed by atoms with Crippen LogP contribution in [0.15, 0.2) is 12.7 Å². The Hall–Kier alpha value is -0.770. The predicted molar refractivity (Wildman–Crippen MR) is 74.4 cm³/mol. The minimum Gasteiger partial charge on any atom is -0.366 e. The van der Waals surface area contributed by atoms with Gasteiger partial charge in [-0.25, -0.2) is 0 Å². The van der Waals surface area contributed by atoms with Crippen LogP contribution in [0.3, 0.4) is 0 Å². The maximum absolute atomic E-state index is 11.7. The van der Waals surface area contributed by atoms with E-state index in [0.29, 0.717) is 23.7 Å². The minimum absolute atomic E-state index is 0.0624. The molecule has 104 valence electrons. The average Bonchev–Trinajstić information content (AvgIpc) is 2.25. The van der Waals surface area contributed by atoms with Crippen LogP contribution in [0.5, 0.6) is 0 Å². The van der Waals surface area contributed by atoms with Gasteiger partial charge in [0, 0.05) is 6.54 Å². The van der Waals surface area contributed by atoms with E-state index in [1.165, 1.54) is 6.08 Å². The topological polar surface area (TPSA) is 66.4 Å². The molecular formula is C12H24N2O3P+. The summed E-state index contributed by atoms with van der Waals surface area (Å²) in [5, 5.41) is 2.65. The van der Waals surface area contributed by atoms with Crippen LogP contribution < -0.4 is 5.32 Å². The van der Waals surface area contributed by atoms with Gasteiger partial charge in [0.1, 0.15) is 14.7 Å². The van der Waals surface area contributed by atoms with Crippen molar-refractivity contribution in [3.63, 3.8) is 0 Å². The van der Waals surface area contributed by atoms with Gasteiger partial charge in [0.2, 0.25) is 11.4 Å². The molecule has 0 aliphatic rings. The zero-order valence-corrected chi connectivity index (χ0v) is 12.4. The van der Waals surface area contributed by atoms with Crippen molar-refractivity contribution in [3.05, 3.63) is 12.7 Å². The SMILES string of the molecule is C=CC(=O)NCCCCP(O)C(=O)C[N+](C)(C)C. The van der Waals surface area contributed by atoms with E-state index in [1.54, 1.807) is 0 Å². The lowest BCUT2D eigenvalue weighted by Gasteiger charge is -2.23. The fourth-order valence-corrected chi connectivity index (χ4v) is 2.64. The van der Waals surface area contributed by atoms with Gasteiger partial charge in [0.05, 0.1) is 21.1 Å². The third kappa shape index (κ3) is 9.28. The summed E-state index contributed by atoms with van der Waals surface area (Å²) in [7, 11) is 4.24. The number of quaternary nitrogens is 1. The van der Waals surface area contributed by atoms with Crippen molar-refractivity contribution in [1.29, 1.82) is 0 Å². The highest BCUT2D eigenvalue weighted by Gasteiger charge is 2.21. The third-order valence-electron chi connectivity index (χ3n) is 2.18. The van der Waals surface area contributed by atoms with Gasteiger partial charge in [-0.2, -0.15) is 0 Å². The van der Waals surface area contributed by atoms with Crippen molar-refractivity contribution in [1.82, 2.24) is 5.32 Å². The highest BCUT2D eigenvalue weighted by molar-refractivity contribution is 7.69. The average molecular weight is 275 g/mol. The van der Waals surface area contributed by atoms with E-state index >= 15 is 0 Å². The lowest BCUT2D eigenvalue weighted by Crippen LogP contribution is -2.39. The zero-order valence-electron chi connectivity index (χ0n) is 11.5. The third-order valence-corrected chi connectivity index (χ3v) is 3.64. The highest BCUT2D eigenvalue weighted by atomic mass is 31.1. The summed E-state index contributed by atoms with van der Waals surface area (Å²) < 4.78 is 0.535. The van der Waals surface area contributed by atoms with Gasteiger partial charge in [-0.05, 0) is 25.1 Å². The van der Waals surface area contributed by atoms with E-state index in [-0.39, 0.29) is 11.4 Å². The molecule has 0 aliphatic heterocycles. The predicted octanol–water partition coefficient (Wildman–Crippen LogP) is 0.691. The number of amides is 1. The molecule has 0 spiro atoms. The van der Waals surface area contributed by atoms with Gasteiger partial charge in [-0.15, -0.1) is 0 Å². The van der Waals surface area contributed by atoms with Crippen LogP contribution in [0.1, 0.15) is 12.8 Å². The van der Waals surface area contributed by atoms with E-state index in [1.807, 2.05) is 21.1 Å². The molecule has 5 nitrogen and oxygen atoms in total. The van der Waals surface area contributed by atoms with Gasteiger partial charge in [-0.3, -0.25) is 9.59 Å². The summed E-state index contributed by atoms with van der Waals surface area (Å²) in [6.45, 7) is 4.26. The van der Waals surface area contributed by atoms with Gasteiger partial charge in [0.25, 0.3) is 0 Å². The Morgan fingerprint density at radius 2 is 1.94 bits per heavy atom. The van der Waals surface area contributed by atoms with Crippen LogP contribution in [-0.2, 0) is 9.59 Å². The van der Waals surface area contributed by atoms with E-state index in [4.69, 9.17) is 0 Å². The van der Waals surface area contributed by atoms with E-state index in [9.17, 15) is 14.5 Å². The number of rotatable bonds is 9. The number of hydrogen-bond donors (Lipinski definition) is 2. The number of nitrogens with zero attached hydrogens (tertiary/aromatic N) is 1. The minimum atomic E-state index is -1.53. The molecular weight excluding hydrogens is 251 g/mol. The molecule has 0 radical (unpaired) electrons. The smallest absolute Gasteiger partial charge is 0.243 e. The number of hydrogen-bond acceptors (Lipinski definition) is 3. The Morgan fingerprint density at radius 3 is 2.44 bits per heavy atom. The van der Waals surface area contributed by atoms with Crippen LogP contribution >= 0.6 is 8.15 Å². The number of likely N-dealkylation sites (N-methyl/N-ethyl adjacent to an activating group) is 1. The van der Waals surface area contributed by atoms with Crippen LogP contribution in [0, 0.1) is 0 Å². The molecule has 0 bridgehead atoms. The van der Waals surface area contributed by atoms with Crippen molar-refractivity contribution < 1.29 is 19.0 Å². The molecule has 1 atom stereocenters. The number of nitrogens with one attached hydrogen (secondary N) is 1. The molecule has 0 aromatic rings. The van der Waals surface area contributed by atoms with Gasteiger partial charge in [0.15, 0.2) is 0 Å². The van der Waals surface area contributed by atoms with Gasteiger partial charge >= 0.3 is 0 Å². The Balaban J connectivity index is 3.70. The first-order valence-corrected chi connectivity index (χ1v) is 7.44. The van der Waals surface area contributed by atoms with Crippen molar-refractivity contribution in [2.45, 2.75) is 12.8 Å². The summed E-state index contributed by atoms with van der Waals surface area (Å²) in [6.07, 6.45) is 3.24. The quantitative estimate of drug-likeness (QED) is 0.282. The lowest BCUT2D eigenvalue weighted by molar-refractivity contribution is -0.861. The second-order valence-electron chi connectivity index (χ2n) is 5.17. The van der Waals surface area contributed by atoms with Crippen LogP contribution in [0.25, 0.3) is 0 Å². The standard InChI is InChI=1S/C12H23N2O3P/c1-5-11(15)13-8-6-7-9-18(17)12(16)10-14(2,3)4/h5,17H,1,6-10H2,2-4H3/p+1. The number of carbonyl (C=O) groups excluding carboxylic acids is 2. The summed E-state index contributed by atoms with van der Waals surface area (Å²) >= 11 is 0. The summed E-state index contributed by atoms with van der Waals surface area (Å²) in [4.78, 5) is 32.2. The molecule has 0 aromatic heterocycles. The molecule has 2 N–H and O–H groups in total. The monoisotopic (exact) mass is 275 g/mol.